The number of fused-ring (bicyclic) bond motifs is 5. The second-order valence-corrected chi connectivity index (χ2v) is 8.15. The summed E-state index contributed by atoms with van der Waals surface area (Å²) < 4.78 is 20.1. The molecule has 1 N–H and O–H groups in total. The molecule has 0 amide bonds. The number of unbranched alkanes of at least 4 members (excludes halogenated alkanes) is 1. The van der Waals surface area contributed by atoms with Gasteiger partial charge < -0.3 is 14.7 Å². The molecule has 0 radical (unpaired) electrons. The first-order chi connectivity index (χ1) is 13.0. The number of rotatable bonds is 5. The van der Waals surface area contributed by atoms with E-state index in [-0.39, 0.29) is 23.8 Å². The van der Waals surface area contributed by atoms with Gasteiger partial charge in [-0.15, -0.1) is 0 Å². The van der Waals surface area contributed by atoms with Crippen molar-refractivity contribution in [1.82, 2.24) is 4.90 Å². The average Bonchev–Trinajstić information content (AvgIpc) is 2.89. The van der Waals surface area contributed by atoms with E-state index in [1.807, 2.05) is 6.07 Å². The molecule has 0 saturated carbocycles. The van der Waals surface area contributed by atoms with Gasteiger partial charge in [0.25, 0.3) is 0 Å². The second-order valence-electron chi connectivity index (χ2n) is 8.15. The molecule has 4 rings (SSSR count). The lowest BCUT2D eigenvalue weighted by atomic mass is 9.79. The number of aliphatic hydroxyl groups excluding tert-OH is 1. The number of aliphatic hydroxyl groups is 1. The Hall–Kier alpha value is -1.75. The summed E-state index contributed by atoms with van der Waals surface area (Å²) in [5.74, 6) is -0.142. The van der Waals surface area contributed by atoms with Crippen molar-refractivity contribution >= 4 is 0 Å². The third-order valence-corrected chi connectivity index (χ3v) is 6.04. The van der Waals surface area contributed by atoms with E-state index < -0.39 is 6.29 Å². The third-order valence-electron chi connectivity index (χ3n) is 6.04. The third kappa shape index (κ3) is 3.66. The molecule has 0 bridgehead atoms. The van der Waals surface area contributed by atoms with Gasteiger partial charge in [-0.25, -0.2) is 4.39 Å². The minimum absolute atomic E-state index is 0.0347. The van der Waals surface area contributed by atoms with E-state index >= 15 is 0 Å². The summed E-state index contributed by atoms with van der Waals surface area (Å²) in [5.41, 5.74) is 4.49. The maximum atomic E-state index is 14.0. The highest BCUT2D eigenvalue weighted by Gasteiger charge is 2.47. The Morgan fingerprint density at radius 2 is 1.85 bits per heavy atom. The number of hydrogen-bond acceptors (Lipinski definition) is 3. The van der Waals surface area contributed by atoms with Gasteiger partial charge in [0.15, 0.2) is 6.29 Å². The maximum Gasteiger partial charge on any atom is 0.158 e. The standard InChI is InChI=1S/C23H28FNO2/c1-25(2)12-6-5-9-19-21-18-8-4-3-7-15(18)13-16-10-11-17(24)14-20(16)22(21)27-23(19)26/h3-4,7-8,10-11,14,19,21-23,26H,5-6,9,12-13H2,1-2H3/t19?,21-,22-,23?/m0/s1. The van der Waals surface area contributed by atoms with Crippen LogP contribution >= 0.6 is 0 Å². The molecule has 0 aromatic heterocycles. The fourth-order valence-corrected chi connectivity index (χ4v) is 4.75. The Balaban J connectivity index is 1.68. The lowest BCUT2D eigenvalue weighted by Crippen LogP contribution is -2.20. The van der Waals surface area contributed by atoms with Crippen LogP contribution in [0.4, 0.5) is 4.39 Å². The topological polar surface area (TPSA) is 32.7 Å². The van der Waals surface area contributed by atoms with Crippen molar-refractivity contribution in [3.8, 4) is 0 Å². The Labute approximate surface area is 160 Å². The minimum atomic E-state index is -0.804. The second kappa shape index (κ2) is 7.70. The Morgan fingerprint density at radius 3 is 2.67 bits per heavy atom. The summed E-state index contributed by atoms with van der Waals surface area (Å²) in [7, 11) is 4.16. The van der Waals surface area contributed by atoms with Crippen LogP contribution in [-0.2, 0) is 11.2 Å². The van der Waals surface area contributed by atoms with E-state index in [1.165, 1.54) is 17.2 Å². The van der Waals surface area contributed by atoms with Crippen molar-refractivity contribution in [2.24, 2.45) is 5.92 Å². The molecule has 1 aliphatic carbocycles. The van der Waals surface area contributed by atoms with Crippen molar-refractivity contribution in [2.45, 2.75) is 44.0 Å². The van der Waals surface area contributed by atoms with E-state index in [0.29, 0.717) is 0 Å². The zero-order chi connectivity index (χ0) is 19.0. The molecule has 2 aromatic rings. The predicted octanol–water partition coefficient (Wildman–Crippen LogP) is 4.25. The first-order valence-corrected chi connectivity index (χ1v) is 9.89. The molecule has 2 unspecified atom stereocenters. The summed E-state index contributed by atoms with van der Waals surface area (Å²) in [6, 6.07) is 13.4. The Bertz CT molecular complexity index is 807. The fraction of sp³-hybridized carbons (Fsp3) is 0.478. The number of nitrogens with zero attached hydrogens (tertiary/aromatic N) is 1. The van der Waals surface area contributed by atoms with Gasteiger partial charge in [0.05, 0.1) is 6.10 Å². The number of benzene rings is 2. The lowest BCUT2D eigenvalue weighted by molar-refractivity contribution is -0.110. The molecule has 4 atom stereocenters. The monoisotopic (exact) mass is 369 g/mol. The van der Waals surface area contributed by atoms with Crippen molar-refractivity contribution in [1.29, 1.82) is 0 Å². The van der Waals surface area contributed by atoms with Crippen LogP contribution in [0.15, 0.2) is 42.5 Å². The zero-order valence-electron chi connectivity index (χ0n) is 16.1. The summed E-state index contributed by atoms with van der Waals surface area (Å²) in [6.07, 6.45) is 2.75. The van der Waals surface area contributed by atoms with Crippen LogP contribution in [0.5, 0.6) is 0 Å². The van der Waals surface area contributed by atoms with Crippen LogP contribution in [0.2, 0.25) is 0 Å². The van der Waals surface area contributed by atoms with Crippen molar-refractivity contribution in [3.05, 3.63) is 70.5 Å². The first kappa shape index (κ1) is 18.6. The van der Waals surface area contributed by atoms with E-state index in [0.717, 1.165) is 43.4 Å². The molecule has 2 aromatic carbocycles. The zero-order valence-corrected chi connectivity index (χ0v) is 16.1. The molecule has 0 spiro atoms. The van der Waals surface area contributed by atoms with Gasteiger partial charge in [0, 0.05) is 11.8 Å². The highest BCUT2D eigenvalue weighted by molar-refractivity contribution is 5.45. The molecule has 27 heavy (non-hydrogen) atoms. The highest BCUT2D eigenvalue weighted by Crippen LogP contribution is 2.53. The molecular weight excluding hydrogens is 341 g/mol. The minimum Gasteiger partial charge on any atom is -0.368 e. The normalized spacial score (nSPS) is 26.4. The number of hydrogen-bond donors (Lipinski definition) is 1. The lowest BCUT2D eigenvalue weighted by Gasteiger charge is -2.24. The van der Waals surface area contributed by atoms with Gasteiger partial charge in [0.1, 0.15) is 5.82 Å². The van der Waals surface area contributed by atoms with Gasteiger partial charge in [0.2, 0.25) is 0 Å². The maximum absolute atomic E-state index is 14.0. The van der Waals surface area contributed by atoms with Crippen LogP contribution in [-0.4, -0.2) is 36.9 Å². The summed E-state index contributed by atoms with van der Waals surface area (Å²) in [6.45, 7) is 1.04. The van der Waals surface area contributed by atoms with Gasteiger partial charge in [-0.2, -0.15) is 0 Å². The Morgan fingerprint density at radius 1 is 1.07 bits per heavy atom. The van der Waals surface area contributed by atoms with Crippen LogP contribution in [0.3, 0.4) is 0 Å². The summed E-state index contributed by atoms with van der Waals surface area (Å²) in [4.78, 5) is 2.18. The molecule has 4 heteroatoms. The molecule has 1 aliphatic heterocycles. The first-order valence-electron chi connectivity index (χ1n) is 9.89. The van der Waals surface area contributed by atoms with Gasteiger partial charge in [-0.3, -0.25) is 0 Å². The molecule has 1 fully saturated rings. The van der Waals surface area contributed by atoms with Crippen LogP contribution in [0, 0.1) is 11.7 Å². The fourth-order valence-electron chi connectivity index (χ4n) is 4.75. The molecule has 1 saturated heterocycles. The van der Waals surface area contributed by atoms with Crippen molar-refractivity contribution in [3.63, 3.8) is 0 Å². The average molecular weight is 369 g/mol. The molecule has 3 nitrogen and oxygen atoms in total. The van der Waals surface area contributed by atoms with E-state index in [1.54, 1.807) is 6.07 Å². The number of halogens is 1. The SMILES string of the molecule is CN(C)CCCCC1C(O)O[C@H]2c3cc(F)ccc3Cc3ccccc3[C@@H]12. The van der Waals surface area contributed by atoms with E-state index in [2.05, 4.69) is 43.3 Å². The van der Waals surface area contributed by atoms with E-state index in [4.69, 9.17) is 4.74 Å². The number of ether oxygens (including phenoxy) is 1. The van der Waals surface area contributed by atoms with Gasteiger partial charge in [-0.05, 0) is 74.3 Å². The quantitative estimate of drug-likeness (QED) is 0.800. The molecule has 1 heterocycles. The smallest absolute Gasteiger partial charge is 0.158 e. The molecule has 144 valence electrons. The van der Waals surface area contributed by atoms with Crippen molar-refractivity contribution < 1.29 is 14.2 Å². The van der Waals surface area contributed by atoms with Crippen LogP contribution < -0.4 is 0 Å². The highest BCUT2D eigenvalue weighted by atomic mass is 19.1. The summed E-state index contributed by atoms with van der Waals surface area (Å²) >= 11 is 0. The van der Waals surface area contributed by atoms with Crippen LogP contribution in [0.1, 0.15) is 53.5 Å². The van der Waals surface area contributed by atoms with E-state index in [9.17, 15) is 9.50 Å². The predicted molar refractivity (Wildman–Crippen MR) is 104 cm³/mol. The van der Waals surface area contributed by atoms with Gasteiger partial charge in [-0.1, -0.05) is 36.8 Å². The Kier molecular flexibility index (Phi) is 5.31. The van der Waals surface area contributed by atoms with Crippen LogP contribution in [0.25, 0.3) is 0 Å². The largest absolute Gasteiger partial charge is 0.368 e. The summed E-state index contributed by atoms with van der Waals surface area (Å²) in [5, 5.41) is 10.7. The molecule has 2 aliphatic rings. The van der Waals surface area contributed by atoms with Crippen molar-refractivity contribution in [2.75, 3.05) is 20.6 Å². The molecular formula is C23H28FNO2. The van der Waals surface area contributed by atoms with Gasteiger partial charge >= 0.3 is 0 Å².